The Morgan fingerprint density at radius 1 is 1.04 bits per heavy atom. The summed E-state index contributed by atoms with van der Waals surface area (Å²) in [7, 11) is -8.56. The molecule has 2 unspecified atom stereocenters. The minimum Gasteiger partial charge on any atom is -0.781 e. The second-order valence-electron chi connectivity index (χ2n) is 5.37. The number of hydrogen-bond acceptors (Lipinski definition) is 7. The summed E-state index contributed by atoms with van der Waals surface area (Å²) in [4.78, 5) is 10.5. The normalized spacial score (nSPS) is 13.0. The summed E-state index contributed by atoms with van der Waals surface area (Å²) < 4.78 is 47.8. The molecule has 2 atom stereocenters. The van der Waals surface area contributed by atoms with Crippen molar-refractivity contribution in [3.8, 4) is 0 Å². The zero-order chi connectivity index (χ0) is 18.3. The molecule has 0 aliphatic rings. The topological polar surface area (TPSA) is 119 Å². The van der Waals surface area contributed by atoms with Gasteiger partial charge in [-0.3, -0.25) is 0 Å². The molecular formula is C16H18K2NO6PS. The number of nitrogens with one attached hydrogen (secondary N) is 1. The van der Waals surface area contributed by atoms with Crippen LogP contribution in [0.1, 0.15) is 18.4 Å². The Labute approximate surface area is 245 Å². The van der Waals surface area contributed by atoms with Gasteiger partial charge in [0.2, 0.25) is 0 Å². The van der Waals surface area contributed by atoms with Gasteiger partial charge in [-0.25, -0.2) is 8.42 Å². The van der Waals surface area contributed by atoms with Gasteiger partial charge in [0, 0.05) is 11.4 Å². The number of benzene rings is 2. The molecule has 0 radical (unpaired) electrons. The van der Waals surface area contributed by atoms with Gasteiger partial charge in [0.1, 0.15) is 18.4 Å². The Kier molecular flexibility index (Phi) is 15.4. The molecule has 7 nitrogen and oxygen atoms in total. The minimum atomic E-state index is -4.82. The van der Waals surface area contributed by atoms with Crippen LogP contribution in [0, 0.1) is 0 Å². The monoisotopic (exact) mass is 461 g/mol. The van der Waals surface area contributed by atoms with Crippen molar-refractivity contribution in [3.63, 3.8) is 0 Å². The molecule has 0 fully saturated rings. The van der Waals surface area contributed by atoms with E-state index in [9.17, 15) is 22.4 Å². The molecular weight excluding hydrogens is 443 g/mol. The Bertz CT molecular complexity index is 823. The largest absolute Gasteiger partial charge is 1.00 e. The average molecular weight is 462 g/mol. The zero-order valence-corrected chi connectivity index (χ0v) is 23.3. The van der Waals surface area contributed by atoms with Gasteiger partial charge in [0.05, 0.1) is 0 Å². The zero-order valence-electron chi connectivity index (χ0n) is 15.3. The second kappa shape index (κ2) is 14.6. The van der Waals surface area contributed by atoms with Gasteiger partial charge in [0.25, 0.3) is 0 Å². The molecule has 0 bridgehead atoms. The van der Waals surface area contributed by atoms with Crippen molar-refractivity contribution in [3.05, 3.63) is 60.2 Å². The molecule has 2 aromatic carbocycles. The molecule has 2 rings (SSSR count). The minimum absolute atomic E-state index is 0. The second-order valence-corrected chi connectivity index (χ2v) is 7.62. The molecule has 0 aliphatic carbocycles. The molecule has 136 valence electrons. The van der Waals surface area contributed by atoms with E-state index in [-0.39, 0.29) is 109 Å². The summed E-state index contributed by atoms with van der Waals surface area (Å²) in [5.41, 5.74) is 0.878. The Balaban J connectivity index is 0.00000338. The summed E-state index contributed by atoms with van der Waals surface area (Å²) in [5.74, 6) is 0. The van der Waals surface area contributed by atoms with E-state index in [4.69, 9.17) is 0 Å². The molecule has 0 spiro atoms. The van der Waals surface area contributed by atoms with Crippen LogP contribution in [0.15, 0.2) is 54.6 Å². The number of aryl methyl sites for hydroxylation is 1. The molecule has 27 heavy (non-hydrogen) atoms. The molecule has 2 aromatic rings. The van der Waals surface area contributed by atoms with Crippen molar-refractivity contribution in [1.29, 1.82) is 0 Å². The first kappa shape index (κ1) is 28.6. The van der Waals surface area contributed by atoms with E-state index in [1.807, 2.05) is 54.6 Å². The van der Waals surface area contributed by atoms with Gasteiger partial charge in [-0.2, -0.15) is 0 Å². The van der Waals surface area contributed by atoms with Crippen LogP contribution in [0.3, 0.4) is 0 Å². The maximum atomic E-state index is 11.0. The summed E-state index contributed by atoms with van der Waals surface area (Å²) >= 11 is 0. The summed E-state index contributed by atoms with van der Waals surface area (Å²) in [6.45, 7) is 0. The van der Waals surface area contributed by atoms with Gasteiger partial charge in [0.15, 0.2) is 5.44 Å². The van der Waals surface area contributed by atoms with E-state index in [0.717, 1.165) is 16.9 Å². The summed E-state index contributed by atoms with van der Waals surface area (Å²) in [6.07, 6.45) is 0.608. The van der Waals surface area contributed by atoms with Crippen molar-refractivity contribution in [2.75, 3.05) is 5.32 Å². The van der Waals surface area contributed by atoms with Crippen molar-refractivity contribution < 1.29 is 130 Å². The molecule has 11 heteroatoms. The van der Waals surface area contributed by atoms with Gasteiger partial charge >= 0.3 is 103 Å². The molecule has 0 saturated carbocycles. The van der Waals surface area contributed by atoms with E-state index >= 15 is 0 Å². The maximum Gasteiger partial charge on any atom is 1.00 e. The predicted molar refractivity (Wildman–Crippen MR) is 92.7 cm³/mol. The first-order valence-electron chi connectivity index (χ1n) is 7.58. The smallest absolute Gasteiger partial charge is 0.781 e. The quantitative estimate of drug-likeness (QED) is 0.233. The fraction of sp³-hybridized carbons (Fsp3) is 0.250. The van der Waals surface area contributed by atoms with Crippen molar-refractivity contribution >= 4 is 29.7 Å². The van der Waals surface area contributed by atoms with Crippen molar-refractivity contribution in [2.24, 2.45) is 0 Å². The molecule has 1 N–H and O–H groups in total. The predicted octanol–water partition coefficient (Wildman–Crippen LogP) is -3.60. The van der Waals surface area contributed by atoms with Crippen LogP contribution in [-0.2, 0) is 25.6 Å². The van der Waals surface area contributed by atoms with Crippen LogP contribution in [0.2, 0.25) is 0 Å². The summed E-state index contributed by atoms with van der Waals surface area (Å²) in [6, 6.07) is 17.1. The van der Waals surface area contributed by atoms with Crippen molar-refractivity contribution in [1.82, 2.24) is 0 Å². The Morgan fingerprint density at radius 2 is 1.67 bits per heavy atom. The van der Waals surface area contributed by atoms with E-state index in [0.29, 0.717) is 12.8 Å². The van der Waals surface area contributed by atoms with E-state index < -0.39 is 23.8 Å². The van der Waals surface area contributed by atoms with E-state index in [1.165, 1.54) is 0 Å². The van der Waals surface area contributed by atoms with Crippen LogP contribution in [0.5, 0.6) is 0 Å². The maximum absolute atomic E-state index is 11.0. The third kappa shape index (κ3) is 11.5. The molecule has 0 aliphatic heterocycles. The van der Waals surface area contributed by atoms with Gasteiger partial charge in [-0.15, -0.1) is 0 Å². The average Bonchev–Trinajstić information content (AvgIpc) is 2.54. The Morgan fingerprint density at radius 3 is 2.26 bits per heavy atom. The third-order valence-corrected chi connectivity index (χ3v) is 5.07. The van der Waals surface area contributed by atoms with Gasteiger partial charge < -0.3 is 23.9 Å². The fourth-order valence-corrected chi connectivity index (χ4v) is 3.83. The SMILES string of the molecule is O=[PH]([O-])OC(CCCc1cccc(Nc2ccccc2)c1)S(=O)(=O)[O-].[K+].[K+]. The van der Waals surface area contributed by atoms with Crippen LogP contribution in [0.25, 0.3) is 0 Å². The first-order chi connectivity index (χ1) is 11.8. The van der Waals surface area contributed by atoms with Crippen LogP contribution in [-0.4, -0.2) is 18.4 Å². The molecule has 0 heterocycles. The number of para-hydroxylation sites is 1. The molecule has 0 amide bonds. The standard InChI is InChI=1S/C16H20NO6PS.2K/c18-24(19)23-16(25(20,21)22)11-5-7-13-6-4-10-15(12-13)17-14-8-2-1-3-9-14;;/h1-4,6,8-10,12,16-17,24H,5,7,11H2,(H,18,19)(H,20,21,22);;/q;2*+1/p-2. The van der Waals surface area contributed by atoms with Crippen LogP contribution < -0.4 is 113 Å². The number of rotatable bonds is 9. The number of anilines is 2. The van der Waals surface area contributed by atoms with E-state index in [1.54, 1.807) is 0 Å². The molecule has 0 aromatic heterocycles. The van der Waals surface area contributed by atoms with E-state index in [2.05, 4.69) is 9.84 Å². The number of hydrogen-bond donors (Lipinski definition) is 1. The van der Waals surface area contributed by atoms with Crippen LogP contribution >= 0.6 is 8.25 Å². The van der Waals surface area contributed by atoms with Crippen LogP contribution in [0.4, 0.5) is 11.4 Å². The summed E-state index contributed by atoms with van der Waals surface area (Å²) in [5, 5.41) is 3.24. The van der Waals surface area contributed by atoms with Gasteiger partial charge in [-0.1, -0.05) is 30.3 Å². The Hall–Kier alpha value is 1.57. The van der Waals surface area contributed by atoms with Crippen molar-refractivity contribution in [2.45, 2.75) is 24.7 Å². The fourth-order valence-electron chi connectivity index (χ4n) is 2.34. The first-order valence-corrected chi connectivity index (χ1v) is 10.3. The molecule has 0 saturated heterocycles. The third-order valence-electron chi connectivity index (χ3n) is 3.44. The van der Waals surface area contributed by atoms with Gasteiger partial charge in [-0.05, 0) is 49.1 Å².